The molecule has 0 aliphatic carbocycles. The van der Waals surface area contributed by atoms with Gasteiger partial charge in [0.15, 0.2) is 0 Å². The van der Waals surface area contributed by atoms with E-state index in [4.69, 9.17) is 5.11 Å². The van der Waals surface area contributed by atoms with E-state index >= 15 is 0 Å². The second-order valence-corrected chi connectivity index (χ2v) is 3.63. The summed E-state index contributed by atoms with van der Waals surface area (Å²) in [4.78, 5) is 26.0. The average Bonchev–Trinajstić information content (AvgIpc) is 2.35. The Morgan fingerprint density at radius 1 is 1.44 bits per heavy atom. The van der Waals surface area contributed by atoms with Crippen molar-refractivity contribution in [1.82, 2.24) is 20.5 Å². The number of hydrogen-bond donors (Lipinski definition) is 3. The fourth-order valence-electron chi connectivity index (χ4n) is 1.33. The van der Waals surface area contributed by atoms with E-state index in [0.29, 0.717) is 6.42 Å². The van der Waals surface area contributed by atoms with Crippen LogP contribution in [0.1, 0.15) is 19.8 Å². The van der Waals surface area contributed by atoms with Gasteiger partial charge < -0.3 is 10.4 Å². The van der Waals surface area contributed by atoms with Crippen molar-refractivity contribution in [2.75, 3.05) is 11.9 Å². The maximum absolute atomic E-state index is 11.4. The van der Waals surface area contributed by atoms with Crippen molar-refractivity contribution in [1.29, 1.82) is 0 Å². The monoisotopic (exact) mass is 253 g/mol. The van der Waals surface area contributed by atoms with Crippen LogP contribution in [0.25, 0.3) is 0 Å². The second kappa shape index (κ2) is 7.15. The molecule has 2 amide bonds. The van der Waals surface area contributed by atoms with Gasteiger partial charge >= 0.3 is 12.0 Å². The molecule has 1 aromatic heterocycles. The molecule has 0 fully saturated rings. The van der Waals surface area contributed by atoms with Crippen molar-refractivity contribution >= 4 is 17.9 Å². The minimum absolute atomic E-state index is 0.0648. The van der Waals surface area contributed by atoms with Crippen LogP contribution in [0.2, 0.25) is 0 Å². The number of nitrogens with zero attached hydrogens (tertiary/aromatic N) is 3. The normalized spacial score (nSPS) is 11.6. The molecule has 0 aromatic carbocycles. The summed E-state index contributed by atoms with van der Waals surface area (Å²) in [7, 11) is 0. The molecule has 1 atom stereocenters. The number of hydrogen-bond acceptors (Lipinski definition) is 5. The molecule has 18 heavy (non-hydrogen) atoms. The van der Waals surface area contributed by atoms with Crippen molar-refractivity contribution in [2.24, 2.45) is 5.92 Å². The van der Waals surface area contributed by atoms with Gasteiger partial charge in [0.1, 0.15) is 0 Å². The van der Waals surface area contributed by atoms with Crippen molar-refractivity contribution in [3.8, 4) is 0 Å². The highest BCUT2D eigenvalue weighted by molar-refractivity contribution is 5.87. The molecule has 1 aromatic rings. The molecule has 0 bridgehead atoms. The molecule has 1 rings (SSSR count). The predicted molar refractivity (Wildman–Crippen MR) is 62.9 cm³/mol. The Balaban J connectivity index is 2.38. The first kappa shape index (κ1) is 13.8. The maximum atomic E-state index is 11.4. The highest BCUT2D eigenvalue weighted by Crippen LogP contribution is 2.05. The zero-order valence-electron chi connectivity index (χ0n) is 9.96. The molecule has 3 N–H and O–H groups in total. The Morgan fingerprint density at radius 3 is 2.78 bits per heavy atom. The van der Waals surface area contributed by atoms with Crippen molar-refractivity contribution < 1.29 is 14.7 Å². The Hall–Kier alpha value is -2.25. The number of anilines is 1. The summed E-state index contributed by atoms with van der Waals surface area (Å²) in [5.41, 5.74) is 0. The molecule has 0 saturated carbocycles. The number of amides is 2. The van der Waals surface area contributed by atoms with E-state index in [1.807, 2.05) is 6.92 Å². The molecule has 8 nitrogen and oxygen atoms in total. The lowest BCUT2D eigenvalue weighted by molar-refractivity contribution is -0.141. The quantitative estimate of drug-likeness (QED) is 0.679. The van der Waals surface area contributed by atoms with Crippen molar-refractivity contribution in [2.45, 2.75) is 19.8 Å². The van der Waals surface area contributed by atoms with Crippen LogP contribution in [-0.4, -0.2) is 38.8 Å². The highest BCUT2D eigenvalue weighted by Gasteiger charge is 2.17. The van der Waals surface area contributed by atoms with E-state index in [-0.39, 0.29) is 12.5 Å². The largest absolute Gasteiger partial charge is 0.481 e. The number of nitrogens with one attached hydrogen (secondary N) is 2. The Morgan fingerprint density at radius 2 is 2.22 bits per heavy atom. The lowest BCUT2D eigenvalue weighted by Gasteiger charge is -2.12. The predicted octanol–water partition coefficient (Wildman–Crippen LogP) is 0.494. The van der Waals surface area contributed by atoms with Gasteiger partial charge in [-0.2, -0.15) is 5.10 Å². The van der Waals surface area contributed by atoms with E-state index in [0.717, 1.165) is 6.42 Å². The fraction of sp³-hybridized carbons (Fsp3) is 0.500. The lowest BCUT2D eigenvalue weighted by Crippen LogP contribution is -2.36. The molecule has 0 radical (unpaired) electrons. The van der Waals surface area contributed by atoms with E-state index in [1.165, 1.54) is 12.4 Å². The molecule has 98 valence electrons. The third-order valence-corrected chi connectivity index (χ3v) is 2.20. The summed E-state index contributed by atoms with van der Waals surface area (Å²) in [5, 5.41) is 20.8. The highest BCUT2D eigenvalue weighted by atomic mass is 16.4. The second-order valence-electron chi connectivity index (χ2n) is 3.63. The number of carbonyl (C=O) groups is 2. The van der Waals surface area contributed by atoms with Crippen LogP contribution in [0.5, 0.6) is 0 Å². The maximum Gasteiger partial charge on any atom is 0.321 e. The van der Waals surface area contributed by atoms with Gasteiger partial charge in [-0.25, -0.2) is 9.78 Å². The summed E-state index contributed by atoms with van der Waals surface area (Å²) in [6, 6.07) is -0.551. The summed E-state index contributed by atoms with van der Waals surface area (Å²) in [5.74, 6) is -1.44. The number of carboxylic acids is 1. The first-order chi connectivity index (χ1) is 8.63. The SMILES string of the molecule is CCCC(CNC(=O)Nc1nccnn1)C(=O)O. The molecule has 1 unspecified atom stereocenters. The summed E-state index contributed by atoms with van der Waals surface area (Å²) >= 11 is 0. The number of carboxylic acid groups (broad SMARTS) is 1. The van der Waals surface area contributed by atoms with Gasteiger partial charge in [-0.1, -0.05) is 13.3 Å². The van der Waals surface area contributed by atoms with E-state index in [9.17, 15) is 9.59 Å². The molecule has 1 heterocycles. The van der Waals surface area contributed by atoms with Crippen LogP contribution in [0.3, 0.4) is 0 Å². The van der Waals surface area contributed by atoms with Crippen LogP contribution in [-0.2, 0) is 4.79 Å². The van der Waals surface area contributed by atoms with Crippen LogP contribution < -0.4 is 10.6 Å². The Kier molecular flexibility index (Phi) is 5.49. The molecular weight excluding hydrogens is 238 g/mol. The van der Waals surface area contributed by atoms with Crippen LogP contribution in [0.15, 0.2) is 12.4 Å². The number of rotatable bonds is 6. The Bertz CT molecular complexity index is 398. The van der Waals surface area contributed by atoms with Gasteiger partial charge in [0, 0.05) is 6.54 Å². The van der Waals surface area contributed by atoms with Crippen LogP contribution in [0, 0.1) is 5.92 Å². The fourth-order valence-corrected chi connectivity index (χ4v) is 1.33. The van der Waals surface area contributed by atoms with Crippen LogP contribution >= 0.6 is 0 Å². The first-order valence-corrected chi connectivity index (χ1v) is 5.54. The van der Waals surface area contributed by atoms with E-state index in [1.54, 1.807) is 0 Å². The number of aromatic nitrogens is 3. The van der Waals surface area contributed by atoms with Gasteiger partial charge in [-0.3, -0.25) is 10.1 Å². The van der Waals surface area contributed by atoms with Gasteiger partial charge in [0.2, 0.25) is 0 Å². The number of urea groups is 1. The van der Waals surface area contributed by atoms with Gasteiger partial charge in [-0.15, -0.1) is 5.10 Å². The molecular formula is C10H15N5O3. The number of carbonyl (C=O) groups excluding carboxylic acids is 1. The minimum atomic E-state index is -0.922. The van der Waals surface area contributed by atoms with Gasteiger partial charge in [0.25, 0.3) is 5.95 Å². The smallest absolute Gasteiger partial charge is 0.321 e. The lowest BCUT2D eigenvalue weighted by atomic mass is 10.0. The minimum Gasteiger partial charge on any atom is -0.481 e. The van der Waals surface area contributed by atoms with E-state index in [2.05, 4.69) is 25.8 Å². The number of aliphatic carboxylic acids is 1. The standard InChI is InChI=1S/C10H15N5O3/c1-2-3-7(8(16)17)6-12-10(18)14-9-11-4-5-13-15-9/h4-5,7H,2-3,6H2,1H3,(H,16,17)(H2,11,12,14,15,18). The summed E-state index contributed by atoms with van der Waals surface area (Å²) in [6.07, 6.45) is 4.02. The zero-order valence-corrected chi connectivity index (χ0v) is 9.96. The van der Waals surface area contributed by atoms with Crippen molar-refractivity contribution in [3.05, 3.63) is 12.4 Å². The molecule has 0 spiro atoms. The molecule has 0 aliphatic rings. The topological polar surface area (TPSA) is 117 Å². The molecule has 0 aliphatic heterocycles. The average molecular weight is 253 g/mol. The first-order valence-electron chi connectivity index (χ1n) is 5.54. The van der Waals surface area contributed by atoms with Crippen LogP contribution in [0.4, 0.5) is 10.7 Å². The third kappa shape index (κ3) is 4.73. The van der Waals surface area contributed by atoms with E-state index < -0.39 is 17.9 Å². The summed E-state index contributed by atoms with van der Waals surface area (Å²) in [6.45, 7) is 1.95. The molecule has 8 heteroatoms. The molecule has 0 saturated heterocycles. The third-order valence-electron chi connectivity index (χ3n) is 2.20. The Labute approximate surface area is 104 Å². The zero-order chi connectivity index (χ0) is 13.4. The van der Waals surface area contributed by atoms with Crippen molar-refractivity contribution in [3.63, 3.8) is 0 Å². The van der Waals surface area contributed by atoms with Gasteiger partial charge in [-0.05, 0) is 6.42 Å². The summed E-state index contributed by atoms with van der Waals surface area (Å²) < 4.78 is 0. The van der Waals surface area contributed by atoms with Gasteiger partial charge in [0.05, 0.1) is 18.3 Å².